The fraction of sp³-hybridized carbons (Fsp3) is 0.188. The first-order valence-corrected chi connectivity index (χ1v) is 8.46. The SMILES string of the molecule is CS(=O)N(CC(=O)O)c1ccc(-c2ccc(OC(F)(F)F)cc2)cc1. The molecule has 0 fully saturated rings. The number of alkyl halides is 3. The van der Waals surface area contributed by atoms with E-state index in [0.717, 1.165) is 0 Å². The molecule has 1 atom stereocenters. The van der Waals surface area contributed by atoms with E-state index in [-0.39, 0.29) is 5.75 Å². The van der Waals surface area contributed by atoms with Crippen molar-refractivity contribution in [2.75, 3.05) is 17.1 Å². The van der Waals surface area contributed by atoms with Crippen molar-refractivity contribution in [2.24, 2.45) is 0 Å². The molecule has 2 aromatic carbocycles. The summed E-state index contributed by atoms with van der Waals surface area (Å²) in [7, 11) is -1.51. The van der Waals surface area contributed by atoms with E-state index in [0.29, 0.717) is 16.8 Å². The summed E-state index contributed by atoms with van der Waals surface area (Å²) in [4.78, 5) is 10.8. The number of benzene rings is 2. The maximum Gasteiger partial charge on any atom is 0.573 e. The van der Waals surface area contributed by atoms with Gasteiger partial charge in [0.15, 0.2) is 0 Å². The van der Waals surface area contributed by atoms with Gasteiger partial charge in [-0.15, -0.1) is 13.2 Å². The van der Waals surface area contributed by atoms with Gasteiger partial charge in [-0.1, -0.05) is 24.3 Å². The van der Waals surface area contributed by atoms with Gasteiger partial charge in [0.25, 0.3) is 0 Å². The lowest BCUT2D eigenvalue weighted by atomic mass is 10.1. The van der Waals surface area contributed by atoms with E-state index in [2.05, 4.69) is 4.74 Å². The van der Waals surface area contributed by atoms with Crippen LogP contribution < -0.4 is 9.04 Å². The molecule has 134 valence electrons. The molecule has 9 heteroatoms. The molecule has 2 aromatic rings. The Morgan fingerprint density at radius 3 is 1.96 bits per heavy atom. The highest BCUT2D eigenvalue weighted by Gasteiger charge is 2.30. The summed E-state index contributed by atoms with van der Waals surface area (Å²) in [6.45, 7) is -0.411. The molecule has 0 aliphatic rings. The third-order valence-electron chi connectivity index (χ3n) is 3.17. The van der Waals surface area contributed by atoms with Gasteiger partial charge in [0.05, 0.1) is 0 Å². The van der Waals surface area contributed by atoms with Crippen LogP contribution in [0.5, 0.6) is 5.75 Å². The number of carboxylic acid groups (broad SMARTS) is 1. The molecule has 0 saturated heterocycles. The van der Waals surface area contributed by atoms with Crippen molar-refractivity contribution in [3.05, 3.63) is 48.5 Å². The van der Waals surface area contributed by atoms with Gasteiger partial charge in [-0.3, -0.25) is 9.10 Å². The normalized spacial score (nSPS) is 12.5. The lowest BCUT2D eigenvalue weighted by molar-refractivity contribution is -0.274. The Morgan fingerprint density at radius 1 is 1.08 bits per heavy atom. The number of hydrogen-bond acceptors (Lipinski definition) is 3. The van der Waals surface area contributed by atoms with Gasteiger partial charge in [-0.05, 0) is 35.4 Å². The molecule has 25 heavy (non-hydrogen) atoms. The highest BCUT2D eigenvalue weighted by molar-refractivity contribution is 7.85. The number of carbonyl (C=O) groups is 1. The Morgan fingerprint density at radius 2 is 1.56 bits per heavy atom. The van der Waals surface area contributed by atoms with Crippen molar-refractivity contribution < 1.29 is 32.0 Å². The Hall–Kier alpha value is -2.55. The zero-order valence-electron chi connectivity index (χ0n) is 13.0. The zero-order chi connectivity index (χ0) is 18.6. The molecule has 0 aromatic heterocycles. The summed E-state index contributed by atoms with van der Waals surface area (Å²) < 4.78 is 53.1. The monoisotopic (exact) mass is 373 g/mol. The van der Waals surface area contributed by atoms with Crippen molar-refractivity contribution in [3.8, 4) is 16.9 Å². The lowest BCUT2D eigenvalue weighted by Gasteiger charge is -2.19. The molecule has 0 amide bonds. The summed E-state index contributed by atoms with van der Waals surface area (Å²) >= 11 is 0. The minimum atomic E-state index is -4.74. The van der Waals surface area contributed by atoms with Crippen molar-refractivity contribution in [2.45, 2.75) is 6.36 Å². The summed E-state index contributed by atoms with van der Waals surface area (Å²) in [5.74, 6) is -1.43. The summed E-state index contributed by atoms with van der Waals surface area (Å²) in [6.07, 6.45) is -3.37. The van der Waals surface area contributed by atoms with Gasteiger partial charge in [0.1, 0.15) is 23.3 Å². The minimum Gasteiger partial charge on any atom is -0.480 e. The quantitative estimate of drug-likeness (QED) is 0.842. The van der Waals surface area contributed by atoms with Crippen LogP contribution in [0.4, 0.5) is 18.9 Å². The standard InChI is InChI=1S/C16H14F3NO4S/c1-25(23)20(10-15(21)22)13-6-2-11(3-7-13)12-4-8-14(9-5-12)24-16(17,18)19/h2-9H,10H2,1H3,(H,21,22). The number of carboxylic acids is 1. The van der Waals surface area contributed by atoms with E-state index in [1.165, 1.54) is 34.8 Å². The predicted octanol–water partition coefficient (Wildman–Crippen LogP) is 3.44. The molecule has 0 radical (unpaired) electrons. The van der Waals surface area contributed by atoms with E-state index >= 15 is 0 Å². The Balaban J connectivity index is 2.19. The number of ether oxygens (including phenoxy) is 1. The maximum atomic E-state index is 12.1. The predicted molar refractivity (Wildman–Crippen MR) is 87.6 cm³/mol. The third-order valence-corrected chi connectivity index (χ3v) is 4.13. The molecule has 5 nitrogen and oxygen atoms in total. The molecule has 0 aliphatic carbocycles. The van der Waals surface area contributed by atoms with Crippen molar-refractivity contribution in [3.63, 3.8) is 0 Å². The van der Waals surface area contributed by atoms with Gasteiger partial charge in [-0.2, -0.15) is 0 Å². The first kappa shape index (κ1) is 18.8. The van der Waals surface area contributed by atoms with Crippen LogP contribution in [0.15, 0.2) is 48.5 Å². The van der Waals surface area contributed by atoms with E-state index < -0.39 is 29.9 Å². The topological polar surface area (TPSA) is 66.8 Å². The van der Waals surface area contributed by atoms with Crippen molar-refractivity contribution in [1.29, 1.82) is 0 Å². The van der Waals surface area contributed by atoms with E-state index in [4.69, 9.17) is 5.11 Å². The second-order valence-corrected chi connectivity index (χ2v) is 6.26. The second kappa shape index (κ2) is 7.56. The summed E-state index contributed by atoms with van der Waals surface area (Å²) in [5, 5.41) is 8.87. The van der Waals surface area contributed by atoms with Gasteiger partial charge in [-0.25, -0.2) is 4.21 Å². The summed E-state index contributed by atoms with van der Waals surface area (Å²) in [5.41, 5.74) is 1.83. The van der Waals surface area contributed by atoms with Crippen molar-refractivity contribution in [1.82, 2.24) is 0 Å². The van der Waals surface area contributed by atoms with Crippen LogP contribution in [0.2, 0.25) is 0 Å². The van der Waals surface area contributed by atoms with Crippen LogP contribution in [-0.4, -0.2) is 34.4 Å². The van der Waals surface area contributed by atoms with Crippen LogP contribution in [0.25, 0.3) is 11.1 Å². The molecule has 1 unspecified atom stereocenters. The number of nitrogens with zero attached hydrogens (tertiary/aromatic N) is 1. The first-order chi connectivity index (χ1) is 11.7. The molecule has 0 bridgehead atoms. The van der Waals surface area contributed by atoms with E-state index in [1.807, 2.05) is 0 Å². The number of aliphatic carboxylic acids is 1. The van der Waals surface area contributed by atoms with Gasteiger partial charge in [0, 0.05) is 11.9 Å². The summed E-state index contributed by atoms with van der Waals surface area (Å²) in [6, 6.07) is 11.9. The number of rotatable bonds is 6. The molecular weight excluding hydrogens is 359 g/mol. The Kier molecular flexibility index (Phi) is 5.68. The van der Waals surface area contributed by atoms with Gasteiger partial charge < -0.3 is 9.84 Å². The second-order valence-electron chi connectivity index (χ2n) is 4.97. The number of hydrogen-bond donors (Lipinski definition) is 1. The van der Waals surface area contributed by atoms with Crippen LogP contribution in [0.1, 0.15) is 0 Å². The Labute approximate surface area is 144 Å². The van der Waals surface area contributed by atoms with Gasteiger partial charge >= 0.3 is 12.3 Å². The highest BCUT2D eigenvalue weighted by atomic mass is 32.2. The fourth-order valence-corrected chi connectivity index (χ4v) is 2.83. The third kappa shape index (κ3) is 5.49. The number of anilines is 1. The van der Waals surface area contributed by atoms with Crippen LogP contribution in [0.3, 0.4) is 0 Å². The van der Waals surface area contributed by atoms with E-state index in [1.54, 1.807) is 24.3 Å². The minimum absolute atomic E-state index is 0.318. The Bertz CT molecular complexity index is 760. The largest absolute Gasteiger partial charge is 0.573 e. The smallest absolute Gasteiger partial charge is 0.480 e. The fourth-order valence-electron chi connectivity index (χ4n) is 2.12. The molecule has 0 saturated carbocycles. The molecule has 2 rings (SSSR count). The molecule has 1 N–H and O–H groups in total. The molecule has 0 heterocycles. The lowest BCUT2D eigenvalue weighted by Crippen LogP contribution is -2.30. The van der Waals surface area contributed by atoms with Crippen LogP contribution in [0, 0.1) is 0 Å². The van der Waals surface area contributed by atoms with Crippen LogP contribution >= 0.6 is 0 Å². The molecular formula is C16H14F3NO4S. The molecule has 0 spiro atoms. The first-order valence-electron chi connectivity index (χ1n) is 6.95. The van der Waals surface area contributed by atoms with Crippen LogP contribution in [-0.2, 0) is 15.8 Å². The molecule has 0 aliphatic heterocycles. The highest BCUT2D eigenvalue weighted by Crippen LogP contribution is 2.28. The zero-order valence-corrected chi connectivity index (χ0v) is 13.8. The van der Waals surface area contributed by atoms with E-state index in [9.17, 15) is 22.2 Å². The van der Waals surface area contributed by atoms with Crippen molar-refractivity contribution >= 4 is 22.6 Å². The average molecular weight is 373 g/mol. The number of halogens is 3. The van der Waals surface area contributed by atoms with Gasteiger partial charge in [0.2, 0.25) is 0 Å². The average Bonchev–Trinajstić information content (AvgIpc) is 2.52. The maximum absolute atomic E-state index is 12.1.